The van der Waals surface area contributed by atoms with Crippen molar-refractivity contribution in [1.82, 2.24) is 0 Å². The number of nitrogen functional groups attached to an aromatic ring is 1. The lowest BCUT2D eigenvalue weighted by Gasteiger charge is -2.12. The number of ether oxygens (including phenoxy) is 1. The van der Waals surface area contributed by atoms with Crippen LogP contribution in [0.25, 0.3) is 0 Å². The average molecular weight is 326 g/mol. The van der Waals surface area contributed by atoms with E-state index in [4.69, 9.17) is 5.73 Å². The second-order valence-corrected chi connectivity index (χ2v) is 5.69. The molecule has 0 unspecified atom stereocenters. The van der Waals surface area contributed by atoms with Crippen molar-refractivity contribution < 1.29 is 31.1 Å². The van der Waals surface area contributed by atoms with Crippen molar-refractivity contribution in [3.05, 3.63) is 23.8 Å². The summed E-state index contributed by atoms with van der Waals surface area (Å²) >= 11 is 0. The fourth-order valence-corrected chi connectivity index (χ4v) is 2.38. The first-order valence-electron chi connectivity index (χ1n) is 5.68. The molecule has 3 N–H and O–H groups in total. The third kappa shape index (κ3) is 5.14. The molecule has 0 aliphatic heterocycles. The molecule has 1 aromatic rings. The quantitative estimate of drug-likeness (QED) is 0.632. The van der Waals surface area contributed by atoms with Crippen LogP contribution in [0, 0.1) is 0 Å². The van der Waals surface area contributed by atoms with Crippen molar-refractivity contribution in [2.75, 3.05) is 22.8 Å². The maximum Gasteiger partial charge on any atom is 0.416 e. The zero-order valence-electron chi connectivity index (χ0n) is 10.9. The lowest BCUT2D eigenvalue weighted by atomic mass is 10.2. The Balaban J connectivity index is 2.91. The predicted octanol–water partition coefficient (Wildman–Crippen LogP) is 1.59. The highest BCUT2D eigenvalue weighted by atomic mass is 32.2. The first-order valence-corrected chi connectivity index (χ1v) is 7.33. The summed E-state index contributed by atoms with van der Waals surface area (Å²) in [6, 6.07) is 2.15. The van der Waals surface area contributed by atoms with Gasteiger partial charge >= 0.3 is 12.1 Å². The largest absolute Gasteiger partial charge is 0.465 e. The Morgan fingerprint density at radius 2 is 2.00 bits per heavy atom. The van der Waals surface area contributed by atoms with Crippen LogP contribution >= 0.6 is 0 Å². The summed E-state index contributed by atoms with van der Waals surface area (Å²) in [5.74, 6) is -1.93. The van der Waals surface area contributed by atoms with E-state index in [1.807, 2.05) is 4.72 Å². The van der Waals surface area contributed by atoms with E-state index in [2.05, 4.69) is 4.74 Å². The monoisotopic (exact) mass is 326 g/mol. The molecule has 0 aliphatic rings. The molecule has 0 bridgehead atoms. The van der Waals surface area contributed by atoms with Gasteiger partial charge in [0.2, 0.25) is 10.0 Å². The van der Waals surface area contributed by atoms with Gasteiger partial charge in [-0.1, -0.05) is 0 Å². The minimum absolute atomic E-state index is 0.0107. The molecule has 21 heavy (non-hydrogen) atoms. The molecule has 0 heterocycles. The lowest BCUT2D eigenvalue weighted by Crippen LogP contribution is -2.24. The second-order valence-electron chi connectivity index (χ2n) is 3.97. The third-order valence-corrected chi connectivity index (χ3v) is 3.40. The van der Waals surface area contributed by atoms with Crippen LogP contribution in [0.5, 0.6) is 0 Å². The Hall–Kier alpha value is -1.97. The van der Waals surface area contributed by atoms with E-state index < -0.39 is 39.2 Å². The van der Waals surface area contributed by atoms with Crippen LogP contribution < -0.4 is 10.5 Å². The Morgan fingerprint density at radius 1 is 1.38 bits per heavy atom. The summed E-state index contributed by atoms with van der Waals surface area (Å²) in [6.07, 6.45) is -4.59. The van der Waals surface area contributed by atoms with Gasteiger partial charge in [-0.15, -0.1) is 0 Å². The van der Waals surface area contributed by atoms with E-state index in [0.29, 0.717) is 12.1 Å². The first-order chi connectivity index (χ1) is 9.55. The SMILES string of the molecule is CCOC(=O)CS(=O)(=O)Nc1ccc(C(F)(F)F)cc1N. The number of halogens is 3. The minimum atomic E-state index is -4.59. The Kier molecular flexibility index (Phi) is 5.05. The van der Waals surface area contributed by atoms with Crippen molar-refractivity contribution >= 4 is 27.4 Å². The fraction of sp³-hybridized carbons (Fsp3) is 0.364. The van der Waals surface area contributed by atoms with E-state index in [9.17, 15) is 26.4 Å². The van der Waals surface area contributed by atoms with Crippen LogP contribution in [0.1, 0.15) is 12.5 Å². The molecule has 0 aliphatic carbocycles. The smallest absolute Gasteiger partial charge is 0.416 e. The van der Waals surface area contributed by atoms with Gasteiger partial charge in [-0.2, -0.15) is 13.2 Å². The molecule has 0 saturated heterocycles. The fourth-order valence-electron chi connectivity index (χ4n) is 1.39. The maximum absolute atomic E-state index is 12.4. The van der Waals surface area contributed by atoms with Crippen molar-refractivity contribution in [2.24, 2.45) is 0 Å². The van der Waals surface area contributed by atoms with Crippen LogP contribution in [0.3, 0.4) is 0 Å². The highest BCUT2D eigenvalue weighted by Crippen LogP contribution is 2.33. The predicted molar refractivity (Wildman–Crippen MR) is 69.9 cm³/mol. The van der Waals surface area contributed by atoms with Crippen LogP contribution in [0.4, 0.5) is 24.5 Å². The van der Waals surface area contributed by atoms with Gasteiger partial charge in [0.25, 0.3) is 0 Å². The van der Waals surface area contributed by atoms with Crippen LogP contribution in [0.2, 0.25) is 0 Å². The average Bonchev–Trinajstić information content (AvgIpc) is 2.29. The van der Waals surface area contributed by atoms with E-state index in [1.54, 1.807) is 0 Å². The number of esters is 1. The Bertz CT molecular complexity index is 629. The normalized spacial score (nSPS) is 12.0. The summed E-state index contributed by atoms with van der Waals surface area (Å²) in [4.78, 5) is 11.1. The van der Waals surface area contributed by atoms with Crippen molar-refractivity contribution in [2.45, 2.75) is 13.1 Å². The number of nitrogens with one attached hydrogen (secondary N) is 1. The number of rotatable bonds is 5. The lowest BCUT2D eigenvalue weighted by molar-refractivity contribution is -0.140. The molecule has 0 fully saturated rings. The number of hydrogen-bond acceptors (Lipinski definition) is 5. The standard InChI is InChI=1S/C11H13F3N2O4S/c1-2-20-10(17)6-21(18,19)16-9-4-3-7(5-8(9)15)11(12,13)14/h3-5,16H,2,6,15H2,1H3. The molecule has 0 amide bonds. The number of hydrogen-bond donors (Lipinski definition) is 2. The van der Waals surface area contributed by atoms with E-state index in [0.717, 1.165) is 6.07 Å². The number of alkyl halides is 3. The summed E-state index contributed by atoms with van der Waals surface area (Å²) in [5.41, 5.74) is 3.72. The number of carbonyl (C=O) groups excluding carboxylic acids is 1. The molecule has 0 atom stereocenters. The molecule has 0 radical (unpaired) electrons. The van der Waals surface area contributed by atoms with Crippen LogP contribution in [-0.2, 0) is 25.7 Å². The second kappa shape index (κ2) is 6.20. The molecule has 6 nitrogen and oxygen atoms in total. The van der Waals surface area contributed by atoms with Gasteiger partial charge in [-0.05, 0) is 25.1 Å². The number of benzene rings is 1. The first kappa shape index (κ1) is 17.1. The number of anilines is 2. The van der Waals surface area contributed by atoms with Gasteiger partial charge in [0.1, 0.15) is 0 Å². The molecular weight excluding hydrogens is 313 g/mol. The van der Waals surface area contributed by atoms with Gasteiger partial charge in [-0.25, -0.2) is 8.42 Å². The van der Waals surface area contributed by atoms with E-state index in [1.165, 1.54) is 6.92 Å². The molecule has 118 valence electrons. The Labute approximate surface area is 119 Å². The van der Waals surface area contributed by atoms with Crippen molar-refractivity contribution in [1.29, 1.82) is 0 Å². The highest BCUT2D eigenvalue weighted by Gasteiger charge is 2.31. The number of carbonyl (C=O) groups is 1. The Morgan fingerprint density at radius 3 is 2.48 bits per heavy atom. The molecule has 0 saturated carbocycles. The molecule has 10 heteroatoms. The van der Waals surface area contributed by atoms with Gasteiger partial charge in [0, 0.05) is 0 Å². The zero-order valence-corrected chi connectivity index (χ0v) is 11.7. The number of sulfonamides is 1. The van der Waals surface area contributed by atoms with E-state index in [-0.39, 0.29) is 12.3 Å². The van der Waals surface area contributed by atoms with Gasteiger partial charge in [0.15, 0.2) is 5.75 Å². The summed E-state index contributed by atoms with van der Waals surface area (Å²) in [7, 11) is -4.11. The molecule has 0 spiro atoms. The molecule has 0 aromatic heterocycles. The van der Waals surface area contributed by atoms with Crippen LogP contribution in [0.15, 0.2) is 18.2 Å². The van der Waals surface area contributed by atoms with Crippen molar-refractivity contribution in [3.8, 4) is 0 Å². The summed E-state index contributed by atoms with van der Waals surface area (Å²) in [6.45, 7) is 1.52. The zero-order chi connectivity index (χ0) is 16.3. The minimum Gasteiger partial charge on any atom is -0.465 e. The van der Waals surface area contributed by atoms with Gasteiger partial charge in [0.05, 0.1) is 23.5 Å². The maximum atomic E-state index is 12.4. The molecule has 1 aromatic carbocycles. The van der Waals surface area contributed by atoms with Gasteiger partial charge in [-0.3, -0.25) is 9.52 Å². The van der Waals surface area contributed by atoms with E-state index >= 15 is 0 Å². The molecular formula is C11H13F3N2O4S. The van der Waals surface area contributed by atoms with Crippen molar-refractivity contribution in [3.63, 3.8) is 0 Å². The summed E-state index contributed by atoms with van der Waals surface area (Å²) in [5, 5.41) is 0. The summed E-state index contributed by atoms with van der Waals surface area (Å²) < 4.78 is 67.0. The molecule has 1 rings (SSSR count). The van der Waals surface area contributed by atoms with Gasteiger partial charge < -0.3 is 10.5 Å². The van der Waals surface area contributed by atoms with Crippen LogP contribution in [-0.4, -0.2) is 26.7 Å². The number of nitrogens with two attached hydrogens (primary N) is 1. The highest BCUT2D eigenvalue weighted by molar-refractivity contribution is 7.93. The third-order valence-electron chi connectivity index (χ3n) is 2.26. The topological polar surface area (TPSA) is 98.5 Å².